The number of rotatable bonds is 5. The maximum absolute atomic E-state index is 11.0. The first-order valence-corrected chi connectivity index (χ1v) is 6.28. The summed E-state index contributed by atoms with van der Waals surface area (Å²) in [5.41, 5.74) is -0.176. The van der Waals surface area contributed by atoms with E-state index in [9.17, 15) is 10.1 Å². The summed E-state index contributed by atoms with van der Waals surface area (Å²) in [4.78, 5) is 14.8. The summed E-state index contributed by atoms with van der Waals surface area (Å²) in [5, 5.41) is 18.1. The largest absolute Gasteiger partial charge is 0.337 e. The fraction of sp³-hybridized carbons (Fsp3) is 0.385. The molecule has 1 heterocycles. The van der Waals surface area contributed by atoms with Gasteiger partial charge in [0, 0.05) is 6.07 Å². The second kappa shape index (κ2) is 5.38. The Balaban J connectivity index is 2.42. The first kappa shape index (κ1) is 14.1. The zero-order valence-electron chi connectivity index (χ0n) is 11.6. The molecule has 0 bridgehead atoms. The van der Waals surface area contributed by atoms with Crippen molar-refractivity contribution in [1.82, 2.24) is 15.5 Å². The molecule has 1 N–H and O–H groups in total. The summed E-state index contributed by atoms with van der Waals surface area (Å²) < 4.78 is 5.22. The second-order valence-electron chi connectivity index (χ2n) is 4.85. The van der Waals surface area contributed by atoms with Gasteiger partial charge in [-0.1, -0.05) is 24.2 Å². The number of benzene rings is 1. The Kier molecular flexibility index (Phi) is 3.80. The first-order valence-electron chi connectivity index (χ1n) is 6.28. The molecule has 2 aromatic rings. The minimum absolute atomic E-state index is 0.0406. The monoisotopic (exact) mass is 276 g/mol. The van der Waals surface area contributed by atoms with Gasteiger partial charge in [-0.3, -0.25) is 10.1 Å². The van der Waals surface area contributed by atoms with Crippen LogP contribution in [-0.4, -0.2) is 21.6 Å². The van der Waals surface area contributed by atoms with Gasteiger partial charge in [0.2, 0.25) is 11.7 Å². The molecule has 0 saturated carbocycles. The Morgan fingerprint density at radius 3 is 2.75 bits per heavy atom. The SMILES string of the molecule is CCNC(C)(C)c1nc(-c2ccccc2[N+](=O)[O-])no1. The van der Waals surface area contributed by atoms with Crippen molar-refractivity contribution in [3.8, 4) is 11.4 Å². The van der Waals surface area contributed by atoms with Crippen LogP contribution in [0.4, 0.5) is 5.69 Å². The maximum Gasteiger partial charge on any atom is 0.280 e. The van der Waals surface area contributed by atoms with E-state index in [1.807, 2.05) is 20.8 Å². The number of hydrogen-bond acceptors (Lipinski definition) is 6. The molecule has 20 heavy (non-hydrogen) atoms. The maximum atomic E-state index is 11.0. The number of nitro benzene ring substituents is 1. The molecule has 0 fully saturated rings. The molecule has 1 aromatic heterocycles. The highest BCUT2D eigenvalue weighted by atomic mass is 16.6. The van der Waals surface area contributed by atoms with Crippen molar-refractivity contribution in [2.75, 3.05) is 6.54 Å². The van der Waals surface area contributed by atoms with E-state index in [0.29, 0.717) is 11.5 Å². The first-order chi connectivity index (χ1) is 9.45. The molecule has 0 aliphatic heterocycles. The Morgan fingerprint density at radius 1 is 1.40 bits per heavy atom. The van der Waals surface area contributed by atoms with Crippen molar-refractivity contribution >= 4 is 5.69 Å². The fourth-order valence-electron chi connectivity index (χ4n) is 1.93. The number of nitrogens with zero attached hydrogens (tertiary/aromatic N) is 3. The van der Waals surface area contributed by atoms with E-state index in [1.165, 1.54) is 6.07 Å². The Bertz CT molecular complexity index is 622. The molecule has 2 rings (SSSR count). The zero-order valence-corrected chi connectivity index (χ0v) is 11.6. The third-order valence-electron chi connectivity index (χ3n) is 2.92. The van der Waals surface area contributed by atoms with Gasteiger partial charge in [0.25, 0.3) is 5.69 Å². The molecule has 0 saturated heterocycles. The van der Waals surface area contributed by atoms with Crippen LogP contribution >= 0.6 is 0 Å². The zero-order chi connectivity index (χ0) is 14.8. The molecular formula is C13H16N4O3. The fourth-order valence-corrected chi connectivity index (χ4v) is 1.93. The third-order valence-corrected chi connectivity index (χ3v) is 2.92. The minimum Gasteiger partial charge on any atom is -0.337 e. The van der Waals surface area contributed by atoms with Crippen LogP contribution in [0.5, 0.6) is 0 Å². The molecule has 1 aromatic carbocycles. The van der Waals surface area contributed by atoms with Crippen LogP contribution in [0.25, 0.3) is 11.4 Å². The number of nitrogens with one attached hydrogen (secondary N) is 1. The van der Waals surface area contributed by atoms with Crippen LogP contribution < -0.4 is 5.32 Å². The molecule has 106 valence electrons. The molecule has 7 heteroatoms. The molecule has 0 radical (unpaired) electrons. The van der Waals surface area contributed by atoms with Gasteiger partial charge in [-0.15, -0.1) is 0 Å². The summed E-state index contributed by atoms with van der Waals surface area (Å²) >= 11 is 0. The highest BCUT2D eigenvalue weighted by Gasteiger charge is 2.28. The summed E-state index contributed by atoms with van der Waals surface area (Å²) in [6.07, 6.45) is 0. The number of para-hydroxylation sites is 1. The minimum atomic E-state index is -0.483. The van der Waals surface area contributed by atoms with Gasteiger partial charge in [0.15, 0.2) is 0 Å². The van der Waals surface area contributed by atoms with Crippen LogP contribution in [0.2, 0.25) is 0 Å². The number of aromatic nitrogens is 2. The standard InChI is InChI=1S/C13H16N4O3/c1-4-14-13(2,3)12-15-11(16-20-12)9-7-5-6-8-10(9)17(18)19/h5-8,14H,4H2,1-3H3. The van der Waals surface area contributed by atoms with E-state index in [0.717, 1.165) is 6.54 Å². The number of hydrogen-bond donors (Lipinski definition) is 1. The van der Waals surface area contributed by atoms with Gasteiger partial charge in [0.1, 0.15) is 5.56 Å². The Hall–Kier alpha value is -2.28. The van der Waals surface area contributed by atoms with Crippen molar-refractivity contribution in [1.29, 1.82) is 0 Å². The molecule has 0 atom stereocenters. The van der Waals surface area contributed by atoms with Gasteiger partial charge in [0.05, 0.1) is 10.5 Å². The van der Waals surface area contributed by atoms with E-state index < -0.39 is 10.5 Å². The lowest BCUT2D eigenvalue weighted by molar-refractivity contribution is -0.384. The van der Waals surface area contributed by atoms with Crippen LogP contribution in [-0.2, 0) is 5.54 Å². The highest BCUT2D eigenvalue weighted by molar-refractivity contribution is 5.67. The van der Waals surface area contributed by atoms with Gasteiger partial charge < -0.3 is 9.84 Å². The lowest BCUT2D eigenvalue weighted by Gasteiger charge is -2.20. The second-order valence-corrected chi connectivity index (χ2v) is 4.85. The van der Waals surface area contributed by atoms with Crippen molar-refractivity contribution in [3.63, 3.8) is 0 Å². The van der Waals surface area contributed by atoms with Gasteiger partial charge >= 0.3 is 0 Å². The average Bonchev–Trinajstić information content (AvgIpc) is 2.89. The normalized spacial score (nSPS) is 11.6. The number of nitro groups is 1. The van der Waals surface area contributed by atoms with Crippen molar-refractivity contribution in [3.05, 3.63) is 40.3 Å². The van der Waals surface area contributed by atoms with Gasteiger partial charge in [-0.2, -0.15) is 4.98 Å². The van der Waals surface area contributed by atoms with Crippen LogP contribution in [0.3, 0.4) is 0 Å². The highest BCUT2D eigenvalue weighted by Crippen LogP contribution is 2.28. The van der Waals surface area contributed by atoms with E-state index >= 15 is 0 Å². The molecule has 0 aliphatic carbocycles. The van der Waals surface area contributed by atoms with Gasteiger partial charge in [-0.25, -0.2) is 0 Å². The van der Waals surface area contributed by atoms with Crippen molar-refractivity contribution in [2.45, 2.75) is 26.3 Å². The van der Waals surface area contributed by atoms with Crippen molar-refractivity contribution < 1.29 is 9.45 Å². The van der Waals surface area contributed by atoms with Crippen molar-refractivity contribution in [2.24, 2.45) is 0 Å². The molecule has 7 nitrogen and oxygen atoms in total. The predicted molar refractivity (Wildman–Crippen MR) is 73.1 cm³/mol. The molecule has 0 amide bonds. The van der Waals surface area contributed by atoms with Gasteiger partial charge in [-0.05, 0) is 26.5 Å². The third kappa shape index (κ3) is 2.67. The van der Waals surface area contributed by atoms with E-state index in [1.54, 1.807) is 18.2 Å². The molecule has 0 spiro atoms. The van der Waals surface area contributed by atoms with E-state index in [2.05, 4.69) is 15.5 Å². The Labute approximate surface area is 116 Å². The van der Waals surface area contributed by atoms with E-state index in [4.69, 9.17) is 4.52 Å². The molecule has 0 unspecified atom stereocenters. The lowest BCUT2D eigenvalue weighted by Crippen LogP contribution is -2.36. The molecular weight excluding hydrogens is 260 g/mol. The van der Waals surface area contributed by atoms with Crippen LogP contribution in [0.1, 0.15) is 26.7 Å². The van der Waals surface area contributed by atoms with Crippen LogP contribution in [0, 0.1) is 10.1 Å². The summed E-state index contributed by atoms with van der Waals surface area (Å²) in [5.74, 6) is 0.616. The quantitative estimate of drug-likeness (QED) is 0.666. The topological polar surface area (TPSA) is 94.1 Å². The molecule has 0 aliphatic rings. The summed E-state index contributed by atoms with van der Waals surface area (Å²) in [7, 11) is 0. The van der Waals surface area contributed by atoms with E-state index in [-0.39, 0.29) is 11.5 Å². The smallest absolute Gasteiger partial charge is 0.280 e. The summed E-state index contributed by atoms with van der Waals surface area (Å²) in [6.45, 7) is 6.54. The Morgan fingerprint density at radius 2 is 2.10 bits per heavy atom. The predicted octanol–water partition coefficient (Wildman–Crippen LogP) is 2.49. The summed E-state index contributed by atoms with van der Waals surface area (Å²) in [6, 6.07) is 6.33. The lowest BCUT2D eigenvalue weighted by atomic mass is 10.1. The average molecular weight is 276 g/mol. The van der Waals surface area contributed by atoms with Crippen LogP contribution in [0.15, 0.2) is 28.8 Å².